The van der Waals surface area contributed by atoms with E-state index in [1.807, 2.05) is 37.4 Å². The summed E-state index contributed by atoms with van der Waals surface area (Å²) in [5.41, 5.74) is 0.888. The average molecular weight is 413 g/mol. The first-order valence-electron chi connectivity index (χ1n) is 11.2. The van der Waals surface area contributed by atoms with E-state index < -0.39 is 12.1 Å². The van der Waals surface area contributed by atoms with Crippen molar-refractivity contribution in [2.45, 2.75) is 57.2 Å². The van der Waals surface area contributed by atoms with E-state index >= 15 is 0 Å². The molecule has 3 aliphatic heterocycles. The van der Waals surface area contributed by atoms with Gasteiger partial charge in [-0.25, -0.2) is 4.79 Å². The molecule has 4 amide bonds. The Balaban J connectivity index is 1.32. The maximum absolute atomic E-state index is 12.8. The molecule has 162 valence electrons. The summed E-state index contributed by atoms with van der Waals surface area (Å²) in [6.45, 7) is 3.31. The predicted octanol–water partition coefficient (Wildman–Crippen LogP) is 2.22. The zero-order valence-corrected chi connectivity index (χ0v) is 17.8. The second kappa shape index (κ2) is 9.16. The third-order valence-corrected chi connectivity index (χ3v) is 6.83. The van der Waals surface area contributed by atoms with Gasteiger partial charge in [-0.15, -0.1) is 0 Å². The number of rotatable bonds is 6. The van der Waals surface area contributed by atoms with E-state index in [2.05, 4.69) is 10.2 Å². The molecule has 7 heteroatoms. The van der Waals surface area contributed by atoms with Crippen molar-refractivity contribution in [3.63, 3.8) is 0 Å². The van der Waals surface area contributed by atoms with Crippen LogP contribution in [0.15, 0.2) is 30.3 Å². The Hall–Kier alpha value is -2.41. The Morgan fingerprint density at radius 3 is 2.67 bits per heavy atom. The highest BCUT2D eigenvalue weighted by atomic mass is 16.2. The maximum Gasteiger partial charge on any atom is 0.325 e. The SMILES string of the molecule is CN(C[C@@H]1CCCN2CCCC[C@@H]12)C(=O)C[C@@H]1NC(=O)N(Cc2ccccc2)C1=O. The van der Waals surface area contributed by atoms with E-state index in [0.29, 0.717) is 12.0 Å². The van der Waals surface area contributed by atoms with E-state index in [0.717, 1.165) is 18.5 Å². The van der Waals surface area contributed by atoms with Crippen molar-refractivity contribution in [2.24, 2.45) is 5.92 Å². The van der Waals surface area contributed by atoms with Crippen LogP contribution in [-0.4, -0.2) is 71.3 Å². The fraction of sp³-hybridized carbons (Fsp3) is 0.609. The Bertz CT molecular complexity index is 782. The van der Waals surface area contributed by atoms with Crippen LogP contribution in [0.1, 0.15) is 44.1 Å². The number of piperidine rings is 2. The number of nitrogens with one attached hydrogen (secondary N) is 1. The van der Waals surface area contributed by atoms with Gasteiger partial charge in [0.2, 0.25) is 5.91 Å². The molecule has 0 bridgehead atoms. The number of fused-ring (bicyclic) bond motifs is 1. The number of hydrogen-bond acceptors (Lipinski definition) is 4. The minimum atomic E-state index is -0.770. The van der Waals surface area contributed by atoms with Crippen LogP contribution in [0.2, 0.25) is 0 Å². The lowest BCUT2D eigenvalue weighted by molar-refractivity contribution is -0.135. The van der Waals surface area contributed by atoms with E-state index in [-0.39, 0.29) is 24.8 Å². The molecule has 0 saturated carbocycles. The van der Waals surface area contributed by atoms with Gasteiger partial charge in [0.1, 0.15) is 6.04 Å². The molecule has 0 spiro atoms. The number of urea groups is 1. The molecule has 0 radical (unpaired) electrons. The second-order valence-corrected chi connectivity index (χ2v) is 8.89. The van der Waals surface area contributed by atoms with Gasteiger partial charge in [-0.05, 0) is 50.3 Å². The van der Waals surface area contributed by atoms with Gasteiger partial charge in [0.25, 0.3) is 5.91 Å². The van der Waals surface area contributed by atoms with Gasteiger partial charge >= 0.3 is 6.03 Å². The molecule has 30 heavy (non-hydrogen) atoms. The minimum Gasteiger partial charge on any atom is -0.345 e. The van der Waals surface area contributed by atoms with Crippen molar-refractivity contribution in [2.75, 3.05) is 26.7 Å². The molecule has 1 N–H and O–H groups in total. The van der Waals surface area contributed by atoms with Crippen LogP contribution >= 0.6 is 0 Å². The van der Waals surface area contributed by atoms with Crippen LogP contribution in [0.5, 0.6) is 0 Å². The van der Waals surface area contributed by atoms with Crippen molar-refractivity contribution < 1.29 is 14.4 Å². The smallest absolute Gasteiger partial charge is 0.325 e. The average Bonchev–Trinajstić information content (AvgIpc) is 3.02. The normalized spacial score (nSPS) is 27.0. The molecule has 3 aliphatic rings. The largest absolute Gasteiger partial charge is 0.345 e. The molecule has 4 rings (SSSR count). The molecule has 0 aliphatic carbocycles. The first-order chi connectivity index (χ1) is 14.5. The highest BCUT2D eigenvalue weighted by Gasteiger charge is 2.40. The van der Waals surface area contributed by atoms with E-state index in [9.17, 15) is 14.4 Å². The summed E-state index contributed by atoms with van der Waals surface area (Å²) < 4.78 is 0. The lowest BCUT2D eigenvalue weighted by Gasteiger charge is -2.45. The van der Waals surface area contributed by atoms with Gasteiger partial charge in [-0.2, -0.15) is 0 Å². The second-order valence-electron chi connectivity index (χ2n) is 8.89. The highest BCUT2D eigenvalue weighted by Crippen LogP contribution is 2.31. The van der Waals surface area contributed by atoms with Gasteiger partial charge in [0, 0.05) is 19.6 Å². The Kier molecular flexibility index (Phi) is 6.37. The summed E-state index contributed by atoms with van der Waals surface area (Å²) in [4.78, 5) is 43.4. The van der Waals surface area contributed by atoms with Crippen molar-refractivity contribution >= 4 is 17.8 Å². The van der Waals surface area contributed by atoms with Crippen molar-refractivity contribution in [1.82, 2.24) is 20.0 Å². The summed E-state index contributed by atoms with van der Waals surface area (Å²) in [5.74, 6) is 0.0984. The topological polar surface area (TPSA) is 73.0 Å². The third kappa shape index (κ3) is 4.51. The fourth-order valence-electron chi connectivity index (χ4n) is 5.21. The van der Waals surface area contributed by atoms with E-state index in [4.69, 9.17) is 0 Å². The summed E-state index contributed by atoms with van der Waals surface area (Å²) in [7, 11) is 1.83. The number of benzene rings is 1. The summed E-state index contributed by atoms with van der Waals surface area (Å²) in [6, 6.07) is 8.80. The summed E-state index contributed by atoms with van der Waals surface area (Å²) >= 11 is 0. The Morgan fingerprint density at radius 1 is 1.10 bits per heavy atom. The zero-order chi connectivity index (χ0) is 21.1. The quantitative estimate of drug-likeness (QED) is 0.727. The number of amides is 4. The lowest BCUT2D eigenvalue weighted by atomic mass is 9.83. The van der Waals surface area contributed by atoms with Crippen LogP contribution in [0.3, 0.4) is 0 Å². The predicted molar refractivity (Wildman–Crippen MR) is 114 cm³/mol. The molecule has 0 unspecified atom stereocenters. The van der Waals surface area contributed by atoms with Crippen molar-refractivity contribution in [1.29, 1.82) is 0 Å². The fourth-order valence-corrected chi connectivity index (χ4v) is 5.21. The highest BCUT2D eigenvalue weighted by molar-refractivity contribution is 6.05. The lowest BCUT2D eigenvalue weighted by Crippen LogP contribution is -2.51. The van der Waals surface area contributed by atoms with Crippen LogP contribution in [0.4, 0.5) is 4.79 Å². The number of hydrogen-bond donors (Lipinski definition) is 1. The van der Waals surface area contributed by atoms with Crippen LogP contribution in [0, 0.1) is 5.92 Å². The van der Waals surface area contributed by atoms with Gasteiger partial charge < -0.3 is 15.1 Å². The first kappa shape index (κ1) is 20.8. The summed E-state index contributed by atoms with van der Waals surface area (Å²) in [5, 5.41) is 2.69. The standard InChI is InChI=1S/C23H32N4O3/c1-25(16-18-10-7-13-26-12-6-5-11-20(18)26)21(28)14-19-22(29)27(23(30)24-19)15-17-8-3-2-4-9-17/h2-4,8-9,18-20H,5-7,10-16H2,1H3,(H,24,30)/t18-,19-,20-/m0/s1. The molecule has 0 aromatic heterocycles. The Labute approximate surface area is 178 Å². The van der Waals surface area contributed by atoms with Gasteiger partial charge in [0.05, 0.1) is 13.0 Å². The molecular formula is C23H32N4O3. The summed E-state index contributed by atoms with van der Waals surface area (Å²) in [6.07, 6.45) is 6.14. The van der Waals surface area contributed by atoms with Crippen LogP contribution in [-0.2, 0) is 16.1 Å². The van der Waals surface area contributed by atoms with Crippen molar-refractivity contribution in [3.8, 4) is 0 Å². The van der Waals surface area contributed by atoms with Gasteiger partial charge in [-0.1, -0.05) is 36.8 Å². The molecule has 7 nitrogen and oxygen atoms in total. The molecular weight excluding hydrogens is 380 g/mol. The first-order valence-corrected chi connectivity index (χ1v) is 11.2. The monoisotopic (exact) mass is 412 g/mol. The number of imide groups is 1. The van der Waals surface area contributed by atoms with Crippen LogP contribution < -0.4 is 5.32 Å². The van der Waals surface area contributed by atoms with Crippen molar-refractivity contribution in [3.05, 3.63) is 35.9 Å². The number of carbonyl (C=O) groups is 3. The molecule has 3 heterocycles. The molecule has 3 atom stereocenters. The zero-order valence-electron chi connectivity index (χ0n) is 17.8. The maximum atomic E-state index is 12.8. The molecule has 3 fully saturated rings. The molecule has 1 aromatic rings. The molecule has 3 saturated heterocycles. The number of nitrogens with zero attached hydrogens (tertiary/aromatic N) is 3. The van der Waals surface area contributed by atoms with Gasteiger partial charge in [0.15, 0.2) is 0 Å². The van der Waals surface area contributed by atoms with Crippen LogP contribution in [0.25, 0.3) is 0 Å². The van der Waals surface area contributed by atoms with E-state index in [1.165, 1.54) is 43.7 Å². The Morgan fingerprint density at radius 2 is 1.87 bits per heavy atom. The third-order valence-electron chi connectivity index (χ3n) is 6.83. The minimum absolute atomic E-state index is 0.0213. The van der Waals surface area contributed by atoms with Gasteiger partial charge in [-0.3, -0.25) is 14.5 Å². The van der Waals surface area contributed by atoms with E-state index in [1.54, 1.807) is 4.90 Å². The molecule has 1 aromatic carbocycles. The number of carbonyl (C=O) groups excluding carboxylic acids is 3.